The van der Waals surface area contributed by atoms with Crippen molar-refractivity contribution in [2.75, 3.05) is 18.2 Å². The third-order valence-electron chi connectivity index (χ3n) is 4.77. The van der Waals surface area contributed by atoms with E-state index in [1.165, 1.54) is 11.8 Å². The monoisotopic (exact) mass is 465 g/mol. The summed E-state index contributed by atoms with van der Waals surface area (Å²) in [5.74, 6) is 1.58. The van der Waals surface area contributed by atoms with Crippen LogP contribution in [0.3, 0.4) is 0 Å². The largest absolute Gasteiger partial charge is 0.496 e. The number of aromatic nitrogens is 4. The number of amides is 1. The average Bonchev–Trinajstić information content (AvgIpc) is 3.43. The fourth-order valence-electron chi connectivity index (χ4n) is 3.29. The van der Waals surface area contributed by atoms with Crippen LogP contribution in [-0.4, -0.2) is 38.5 Å². The van der Waals surface area contributed by atoms with Crippen molar-refractivity contribution in [3.63, 3.8) is 0 Å². The maximum Gasteiger partial charge on any atom is 0.234 e. The summed E-state index contributed by atoms with van der Waals surface area (Å²) in [6.07, 6.45) is 0. The number of hydrogen-bond acceptors (Lipinski definition) is 7. The van der Waals surface area contributed by atoms with Gasteiger partial charge in [-0.25, -0.2) is 4.98 Å². The van der Waals surface area contributed by atoms with E-state index < -0.39 is 0 Å². The summed E-state index contributed by atoms with van der Waals surface area (Å²) in [6, 6.07) is 15.4. The normalized spacial score (nSPS) is 10.8. The zero-order valence-electron chi connectivity index (χ0n) is 18.0. The molecule has 0 aliphatic rings. The predicted molar refractivity (Wildman–Crippen MR) is 129 cm³/mol. The second-order valence-electron chi connectivity index (χ2n) is 6.92. The number of carbonyl (C=O) groups excluding carboxylic acids is 1. The maximum atomic E-state index is 12.6. The molecular formula is C23H23N5O2S2. The van der Waals surface area contributed by atoms with E-state index in [4.69, 9.17) is 4.74 Å². The number of nitrogens with one attached hydrogen (secondary N) is 1. The number of benzene rings is 2. The van der Waals surface area contributed by atoms with E-state index in [0.29, 0.717) is 11.7 Å². The minimum absolute atomic E-state index is 0.105. The van der Waals surface area contributed by atoms with Crippen molar-refractivity contribution in [1.29, 1.82) is 0 Å². The van der Waals surface area contributed by atoms with Crippen molar-refractivity contribution >= 4 is 34.7 Å². The molecule has 164 valence electrons. The molecule has 0 atom stereocenters. The molecule has 0 aliphatic heterocycles. The molecule has 0 spiro atoms. The Morgan fingerprint density at radius 2 is 2.03 bits per heavy atom. The van der Waals surface area contributed by atoms with Gasteiger partial charge >= 0.3 is 0 Å². The van der Waals surface area contributed by atoms with Crippen molar-refractivity contribution in [1.82, 2.24) is 19.7 Å². The Labute approximate surface area is 194 Å². The Bertz CT molecular complexity index is 1230. The van der Waals surface area contributed by atoms with Gasteiger partial charge in [-0.05, 0) is 38.1 Å². The summed E-state index contributed by atoms with van der Waals surface area (Å²) < 4.78 is 7.45. The second kappa shape index (κ2) is 9.97. The molecule has 0 bridgehead atoms. The zero-order chi connectivity index (χ0) is 22.5. The Morgan fingerprint density at radius 3 is 2.78 bits per heavy atom. The lowest BCUT2D eigenvalue weighted by Gasteiger charge is -2.10. The summed E-state index contributed by atoms with van der Waals surface area (Å²) in [7, 11) is 1.64. The maximum absolute atomic E-state index is 12.6. The van der Waals surface area contributed by atoms with Crippen molar-refractivity contribution in [2.24, 2.45) is 0 Å². The lowest BCUT2D eigenvalue weighted by molar-refractivity contribution is -0.113. The fourth-order valence-corrected chi connectivity index (χ4v) is 4.71. The van der Waals surface area contributed by atoms with Gasteiger partial charge in [0.25, 0.3) is 0 Å². The first-order valence-electron chi connectivity index (χ1n) is 10.1. The number of anilines is 1. The van der Waals surface area contributed by atoms with Crippen molar-refractivity contribution in [3.05, 3.63) is 58.9 Å². The Hall–Kier alpha value is -3.17. The quantitative estimate of drug-likeness (QED) is 0.363. The second-order valence-corrected chi connectivity index (χ2v) is 8.92. The first-order valence-corrected chi connectivity index (χ1v) is 12.0. The Balaban J connectivity index is 1.44. The van der Waals surface area contributed by atoms with Gasteiger partial charge in [-0.15, -0.1) is 21.5 Å². The number of hydrogen-bond donors (Lipinski definition) is 1. The number of rotatable bonds is 8. The van der Waals surface area contributed by atoms with Gasteiger partial charge in [-0.2, -0.15) is 0 Å². The highest BCUT2D eigenvalue weighted by Crippen LogP contribution is 2.31. The summed E-state index contributed by atoms with van der Waals surface area (Å²) in [6.45, 7) is 4.68. The first-order chi connectivity index (χ1) is 15.6. The van der Waals surface area contributed by atoms with Gasteiger partial charge in [-0.1, -0.05) is 36.0 Å². The molecule has 0 fully saturated rings. The molecule has 1 N–H and O–H groups in total. The third-order valence-corrected chi connectivity index (χ3v) is 6.51. The highest BCUT2D eigenvalue weighted by atomic mass is 32.2. The first kappa shape index (κ1) is 22.0. The van der Waals surface area contributed by atoms with Gasteiger partial charge in [0.05, 0.1) is 29.1 Å². The third kappa shape index (κ3) is 4.84. The average molecular weight is 466 g/mol. The number of thiazole rings is 1. The van der Waals surface area contributed by atoms with Gasteiger partial charge in [0.15, 0.2) is 11.0 Å². The van der Waals surface area contributed by atoms with E-state index in [1.807, 2.05) is 72.3 Å². The Morgan fingerprint density at radius 1 is 1.19 bits per heavy atom. The molecule has 2 aromatic carbocycles. The Kier molecular flexibility index (Phi) is 6.87. The van der Waals surface area contributed by atoms with Gasteiger partial charge in [0, 0.05) is 23.2 Å². The number of carbonyl (C=O) groups is 1. The van der Waals surface area contributed by atoms with Crippen LogP contribution in [0.1, 0.15) is 11.9 Å². The molecule has 0 unspecified atom stereocenters. The van der Waals surface area contributed by atoms with E-state index in [9.17, 15) is 4.79 Å². The van der Waals surface area contributed by atoms with Crippen molar-refractivity contribution in [2.45, 2.75) is 25.5 Å². The molecule has 4 aromatic rings. The van der Waals surface area contributed by atoms with E-state index in [-0.39, 0.29) is 11.7 Å². The van der Waals surface area contributed by atoms with Crippen LogP contribution in [0.4, 0.5) is 5.69 Å². The number of ether oxygens (including phenoxy) is 1. The summed E-state index contributed by atoms with van der Waals surface area (Å²) in [5, 5.41) is 15.3. The van der Waals surface area contributed by atoms with E-state index >= 15 is 0 Å². The molecule has 1 amide bonds. The van der Waals surface area contributed by atoms with Crippen LogP contribution in [0, 0.1) is 6.92 Å². The molecule has 0 radical (unpaired) electrons. The minimum atomic E-state index is -0.105. The van der Waals surface area contributed by atoms with Crippen LogP contribution < -0.4 is 10.1 Å². The van der Waals surface area contributed by atoms with Crippen molar-refractivity contribution in [3.8, 4) is 28.4 Å². The van der Waals surface area contributed by atoms with Crippen LogP contribution in [-0.2, 0) is 11.3 Å². The highest BCUT2D eigenvalue weighted by Gasteiger charge is 2.17. The minimum Gasteiger partial charge on any atom is -0.496 e. The number of nitrogens with zero attached hydrogens (tertiary/aromatic N) is 4. The van der Waals surface area contributed by atoms with Crippen LogP contribution in [0.15, 0.2) is 59.1 Å². The topological polar surface area (TPSA) is 81.9 Å². The molecule has 2 heterocycles. The number of thioether (sulfide) groups is 1. The fraction of sp³-hybridized carbons (Fsp3) is 0.217. The molecule has 0 saturated carbocycles. The van der Waals surface area contributed by atoms with Gasteiger partial charge in [0.2, 0.25) is 5.91 Å². The summed E-state index contributed by atoms with van der Waals surface area (Å²) >= 11 is 2.96. The molecular weight excluding hydrogens is 442 g/mol. The lowest BCUT2D eigenvalue weighted by Crippen LogP contribution is -2.14. The van der Waals surface area contributed by atoms with Crippen LogP contribution >= 0.6 is 23.1 Å². The van der Waals surface area contributed by atoms with Crippen LogP contribution in [0.5, 0.6) is 5.75 Å². The van der Waals surface area contributed by atoms with Crippen molar-refractivity contribution < 1.29 is 9.53 Å². The molecule has 0 saturated heterocycles. The van der Waals surface area contributed by atoms with E-state index in [0.717, 1.165) is 39.1 Å². The number of para-hydroxylation sites is 1. The van der Waals surface area contributed by atoms with Gasteiger partial charge < -0.3 is 14.6 Å². The lowest BCUT2D eigenvalue weighted by atomic mass is 10.1. The summed E-state index contributed by atoms with van der Waals surface area (Å²) in [5.41, 5.74) is 3.50. The zero-order valence-corrected chi connectivity index (χ0v) is 19.7. The predicted octanol–water partition coefficient (Wildman–Crippen LogP) is 5.14. The van der Waals surface area contributed by atoms with Crippen LogP contribution in [0.25, 0.3) is 22.6 Å². The molecule has 32 heavy (non-hydrogen) atoms. The number of aryl methyl sites for hydroxylation is 1. The van der Waals surface area contributed by atoms with E-state index in [2.05, 4.69) is 20.5 Å². The summed E-state index contributed by atoms with van der Waals surface area (Å²) in [4.78, 5) is 17.1. The highest BCUT2D eigenvalue weighted by molar-refractivity contribution is 7.99. The molecule has 0 aliphatic carbocycles. The van der Waals surface area contributed by atoms with Gasteiger partial charge in [0.1, 0.15) is 5.75 Å². The standard InChI is InChI=1S/C23H23N5O2S2/c1-4-28-22(18-10-5-6-11-20(18)30-3)26-27-23(28)32-14-21(29)25-17-9-7-8-16(12-17)19-13-31-15(2)24-19/h5-13H,4,14H2,1-3H3,(H,25,29). The molecule has 2 aromatic heterocycles. The molecule has 7 nitrogen and oxygen atoms in total. The smallest absolute Gasteiger partial charge is 0.234 e. The SMILES string of the molecule is CCn1c(SCC(=O)Nc2cccc(-c3csc(C)n3)c2)nnc1-c1ccccc1OC. The molecule has 4 rings (SSSR count). The van der Waals surface area contributed by atoms with Gasteiger partial charge in [-0.3, -0.25) is 4.79 Å². The number of methoxy groups -OCH3 is 1. The van der Waals surface area contributed by atoms with E-state index in [1.54, 1.807) is 18.4 Å². The van der Waals surface area contributed by atoms with Crippen LogP contribution in [0.2, 0.25) is 0 Å². The molecule has 9 heteroatoms.